The van der Waals surface area contributed by atoms with E-state index in [2.05, 4.69) is 11.9 Å². The molecular weight excluding hydrogens is 596 g/mol. The number of hydrogen-bond donors (Lipinski definition) is 0. The van der Waals surface area contributed by atoms with Crippen LogP contribution in [0.4, 0.5) is 0 Å². The van der Waals surface area contributed by atoms with Crippen LogP contribution in [-0.2, 0) is 14.3 Å². The third-order valence-electron chi connectivity index (χ3n) is 7.04. The zero-order valence-corrected chi connectivity index (χ0v) is 27.6. The monoisotopic (exact) mass is 636 g/mol. The Labute approximate surface area is 266 Å². The van der Waals surface area contributed by atoms with Crippen molar-refractivity contribution < 1.29 is 33.3 Å². The second-order valence-corrected chi connectivity index (χ2v) is 12.1. The number of carbonyl (C=O) groups excluding carboxylic acids is 2. The highest BCUT2D eigenvalue weighted by Crippen LogP contribution is 2.36. The van der Waals surface area contributed by atoms with Crippen LogP contribution in [0.2, 0.25) is 0 Å². The quantitative estimate of drug-likeness (QED) is 0.147. The summed E-state index contributed by atoms with van der Waals surface area (Å²) < 4.78 is 29.8. The number of thiazole rings is 1. The second kappa shape index (κ2) is 15.1. The molecule has 2 aromatic carbocycles. The summed E-state index contributed by atoms with van der Waals surface area (Å²) in [5.41, 5.74) is 1.66. The first-order chi connectivity index (χ1) is 21.6. The summed E-state index contributed by atoms with van der Waals surface area (Å²) in [6.45, 7) is 9.85. The van der Waals surface area contributed by atoms with E-state index < -0.39 is 18.0 Å². The first kappa shape index (κ1) is 33.5. The van der Waals surface area contributed by atoms with Crippen molar-refractivity contribution in [2.75, 3.05) is 27.4 Å². The average molecular weight is 637 g/mol. The minimum absolute atomic E-state index is 0.114. The fraction of sp³-hybridized carbons (Fsp3) is 0.412. The van der Waals surface area contributed by atoms with Gasteiger partial charge in [0, 0.05) is 6.92 Å². The van der Waals surface area contributed by atoms with Crippen molar-refractivity contribution in [3.05, 3.63) is 78.5 Å². The predicted octanol–water partition coefficient (Wildman–Crippen LogP) is 4.95. The summed E-state index contributed by atoms with van der Waals surface area (Å²) in [5, 5.41) is 0. The summed E-state index contributed by atoms with van der Waals surface area (Å²) >= 11 is 1.22. The molecule has 1 atom stereocenters. The van der Waals surface area contributed by atoms with Crippen LogP contribution in [0.3, 0.4) is 0 Å². The van der Waals surface area contributed by atoms with Crippen LogP contribution in [0.15, 0.2) is 57.5 Å². The van der Waals surface area contributed by atoms with Crippen molar-refractivity contribution in [3.63, 3.8) is 0 Å². The Bertz CT molecular complexity index is 1770. The van der Waals surface area contributed by atoms with Crippen LogP contribution < -0.4 is 33.8 Å². The average Bonchev–Trinajstić information content (AvgIpc) is 3.31. The van der Waals surface area contributed by atoms with Crippen LogP contribution in [-0.4, -0.2) is 43.9 Å². The third-order valence-corrected chi connectivity index (χ3v) is 8.02. The van der Waals surface area contributed by atoms with E-state index in [4.69, 9.17) is 23.7 Å². The van der Waals surface area contributed by atoms with E-state index in [1.54, 1.807) is 38.3 Å². The highest BCUT2D eigenvalue weighted by atomic mass is 32.1. The molecule has 0 bridgehead atoms. The molecule has 0 amide bonds. The number of esters is 2. The molecule has 10 nitrogen and oxygen atoms in total. The number of allylic oxidation sites excluding steroid dienone is 1. The van der Waals surface area contributed by atoms with Crippen molar-refractivity contribution in [2.45, 2.75) is 59.9 Å². The lowest BCUT2D eigenvalue weighted by Crippen LogP contribution is -2.40. The summed E-state index contributed by atoms with van der Waals surface area (Å²) in [7, 11) is 3.03. The number of aromatic nitrogens is 1. The topological polar surface area (TPSA) is 115 Å². The summed E-state index contributed by atoms with van der Waals surface area (Å²) in [5.74, 6) is 0.746. The lowest BCUT2D eigenvalue weighted by molar-refractivity contribution is -0.140. The van der Waals surface area contributed by atoms with Crippen molar-refractivity contribution in [3.8, 4) is 23.0 Å². The van der Waals surface area contributed by atoms with Gasteiger partial charge in [-0.1, -0.05) is 57.1 Å². The zero-order chi connectivity index (χ0) is 32.7. The molecule has 240 valence electrons. The van der Waals surface area contributed by atoms with Crippen LogP contribution >= 0.6 is 11.3 Å². The Balaban J connectivity index is 1.83. The Morgan fingerprint density at radius 3 is 2.40 bits per heavy atom. The Hall–Kier alpha value is -4.38. The molecule has 0 fully saturated rings. The molecule has 0 radical (unpaired) electrons. The molecule has 3 aromatic rings. The first-order valence-corrected chi connectivity index (χ1v) is 15.8. The molecule has 4 rings (SSSR count). The van der Waals surface area contributed by atoms with E-state index in [1.165, 1.54) is 29.9 Å². The molecule has 0 unspecified atom stereocenters. The standard InChI is InChI=1S/C34H40N2O8S/c1-8-9-10-15-42-25-13-11-23(16-27(25)40-6)17-29-32(38)36-31(24-12-14-26(44-22(5)37)28(18-24)41-7)30(21(4)35-34(36)45-29)33(39)43-19-20(2)3/h11-14,16-18,20,31H,8-10,15,19H2,1-7H3/b29-17+/t31-/m1/s1. The molecule has 11 heteroatoms. The maximum atomic E-state index is 14.1. The van der Waals surface area contributed by atoms with Gasteiger partial charge in [0.05, 0.1) is 49.3 Å². The number of benzene rings is 2. The maximum Gasteiger partial charge on any atom is 0.338 e. The number of unbranched alkanes of at least 4 members (excludes halogenated alkanes) is 2. The Kier molecular flexibility index (Phi) is 11.2. The predicted molar refractivity (Wildman–Crippen MR) is 172 cm³/mol. The molecule has 0 aliphatic carbocycles. The first-order valence-electron chi connectivity index (χ1n) is 14.9. The van der Waals surface area contributed by atoms with E-state index in [-0.39, 0.29) is 35.2 Å². The normalized spacial score (nSPS) is 14.6. The SMILES string of the molecule is CCCCCOc1ccc(/C=c2/sc3n(c2=O)[C@H](c2ccc(OC(C)=O)c(OC)c2)C(C(=O)OCC(C)C)=C(C)N=3)cc1OC. The largest absolute Gasteiger partial charge is 0.493 e. The molecule has 2 heterocycles. The molecule has 1 aliphatic heterocycles. The highest BCUT2D eigenvalue weighted by Gasteiger charge is 2.34. The van der Waals surface area contributed by atoms with Gasteiger partial charge in [-0.15, -0.1) is 0 Å². The van der Waals surface area contributed by atoms with Crippen LogP contribution in [0.25, 0.3) is 6.08 Å². The number of ether oxygens (including phenoxy) is 5. The molecular formula is C34H40N2O8S. The van der Waals surface area contributed by atoms with Gasteiger partial charge in [-0.05, 0) is 60.7 Å². The van der Waals surface area contributed by atoms with Crippen LogP contribution in [0, 0.1) is 5.92 Å². The van der Waals surface area contributed by atoms with E-state index in [9.17, 15) is 14.4 Å². The van der Waals surface area contributed by atoms with Gasteiger partial charge in [0.25, 0.3) is 5.56 Å². The lowest BCUT2D eigenvalue weighted by atomic mass is 9.95. The molecule has 1 aliphatic rings. The van der Waals surface area contributed by atoms with Crippen LogP contribution in [0.1, 0.15) is 71.0 Å². The summed E-state index contributed by atoms with van der Waals surface area (Å²) in [4.78, 5) is 44.3. The van der Waals surface area contributed by atoms with Crippen molar-refractivity contribution in [1.29, 1.82) is 0 Å². The third kappa shape index (κ3) is 7.83. The Morgan fingerprint density at radius 1 is 1.02 bits per heavy atom. The smallest absolute Gasteiger partial charge is 0.338 e. The number of fused-ring (bicyclic) bond motifs is 1. The van der Waals surface area contributed by atoms with E-state index >= 15 is 0 Å². The van der Waals surface area contributed by atoms with Gasteiger partial charge < -0.3 is 23.7 Å². The summed E-state index contributed by atoms with van der Waals surface area (Å²) in [6, 6.07) is 9.59. The Morgan fingerprint density at radius 2 is 1.73 bits per heavy atom. The number of rotatable bonds is 13. The lowest BCUT2D eigenvalue weighted by Gasteiger charge is -2.25. The van der Waals surface area contributed by atoms with Gasteiger partial charge in [-0.25, -0.2) is 9.79 Å². The van der Waals surface area contributed by atoms with Gasteiger partial charge in [0.15, 0.2) is 27.8 Å². The zero-order valence-electron chi connectivity index (χ0n) is 26.8. The van der Waals surface area contributed by atoms with E-state index in [0.29, 0.717) is 38.7 Å². The minimum Gasteiger partial charge on any atom is -0.493 e. The molecule has 0 saturated carbocycles. The maximum absolute atomic E-state index is 14.1. The van der Waals surface area contributed by atoms with Crippen molar-refractivity contribution in [1.82, 2.24) is 4.57 Å². The fourth-order valence-corrected chi connectivity index (χ4v) is 5.94. The van der Waals surface area contributed by atoms with E-state index in [0.717, 1.165) is 24.8 Å². The highest BCUT2D eigenvalue weighted by molar-refractivity contribution is 7.07. The van der Waals surface area contributed by atoms with Crippen LogP contribution in [0.5, 0.6) is 23.0 Å². The molecule has 0 saturated heterocycles. The fourth-order valence-electron chi connectivity index (χ4n) is 4.89. The molecule has 0 spiro atoms. The van der Waals surface area contributed by atoms with Crippen molar-refractivity contribution in [2.24, 2.45) is 10.9 Å². The summed E-state index contributed by atoms with van der Waals surface area (Å²) in [6.07, 6.45) is 4.91. The van der Waals surface area contributed by atoms with Crippen molar-refractivity contribution >= 4 is 29.4 Å². The number of methoxy groups -OCH3 is 2. The van der Waals surface area contributed by atoms with Gasteiger partial charge >= 0.3 is 11.9 Å². The molecule has 1 aromatic heterocycles. The van der Waals surface area contributed by atoms with Gasteiger partial charge in [-0.3, -0.25) is 14.2 Å². The number of hydrogen-bond acceptors (Lipinski definition) is 10. The van der Waals surface area contributed by atoms with E-state index in [1.807, 2.05) is 32.0 Å². The van der Waals surface area contributed by atoms with Gasteiger partial charge in [-0.2, -0.15) is 0 Å². The minimum atomic E-state index is -0.864. The second-order valence-electron chi connectivity index (χ2n) is 11.0. The van der Waals surface area contributed by atoms with Gasteiger partial charge in [0.2, 0.25) is 0 Å². The number of nitrogens with zero attached hydrogens (tertiary/aromatic N) is 2. The molecule has 45 heavy (non-hydrogen) atoms. The van der Waals surface area contributed by atoms with Gasteiger partial charge in [0.1, 0.15) is 0 Å². The number of carbonyl (C=O) groups is 2. The molecule has 0 N–H and O–H groups in total.